The quantitative estimate of drug-likeness (QED) is 0.538. The van der Waals surface area contributed by atoms with Crippen LogP contribution < -0.4 is 0 Å². The van der Waals surface area contributed by atoms with Crippen LogP contribution in [0.25, 0.3) is 0 Å². The van der Waals surface area contributed by atoms with Crippen LogP contribution in [0.5, 0.6) is 0 Å². The van der Waals surface area contributed by atoms with E-state index in [0.717, 1.165) is 18.4 Å². The lowest BCUT2D eigenvalue weighted by atomic mass is 10.1. The first-order valence-electron chi connectivity index (χ1n) is 4.14. The Morgan fingerprint density at radius 1 is 1.54 bits per heavy atom. The number of aryl methyl sites for hydroxylation is 1. The third kappa shape index (κ3) is 2.69. The highest BCUT2D eigenvalue weighted by atomic mass is 35.5. The number of aliphatic imine (C=N–C) groups is 1. The Balaban J connectivity index is 2.98. The minimum atomic E-state index is 0.483. The average molecular weight is 196 g/mol. The molecule has 0 aliphatic rings. The van der Waals surface area contributed by atoms with Crippen molar-refractivity contribution in [2.45, 2.75) is 19.8 Å². The van der Waals surface area contributed by atoms with Gasteiger partial charge in [0.25, 0.3) is 0 Å². The Labute approximate surface area is 82.3 Å². The summed E-state index contributed by atoms with van der Waals surface area (Å²) in [5.41, 5.74) is 1.65. The van der Waals surface area contributed by atoms with Crippen LogP contribution >= 0.6 is 11.6 Å². The smallest absolute Gasteiger partial charge is 0.211 e. The number of hydrogen-bond donors (Lipinski definition) is 0. The molecule has 2 nitrogen and oxygen atoms in total. The van der Waals surface area contributed by atoms with Gasteiger partial charge >= 0.3 is 0 Å². The van der Waals surface area contributed by atoms with Crippen LogP contribution in [0.1, 0.15) is 18.9 Å². The molecule has 68 valence electrons. The van der Waals surface area contributed by atoms with Gasteiger partial charge in [-0.05, 0) is 24.1 Å². The molecule has 0 aliphatic heterocycles. The molecule has 1 aromatic carbocycles. The van der Waals surface area contributed by atoms with E-state index in [1.54, 1.807) is 6.07 Å². The Morgan fingerprint density at radius 2 is 2.31 bits per heavy atom. The van der Waals surface area contributed by atoms with Crippen LogP contribution in [0, 0.1) is 0 Å². The van der Waals surface area contributed by atoms with Crippen LogP contribution in [0.4, 0.5) is 5.69 Å². The van der Waals surface area contributed by atoms with E-state index in [0.29, 0.717) is 10.7 Å². The first kappa shape index (κ1) is 9.97. The summed E-state index contributed by atoms with van der Waals surface area (Å²) in [6.45, 7) is 2.10. The highest BCUT2D eigenvalue weighted by molar-refractivity contribution is 6.33. The lowest BCUT2D eigenvalue weighted by molar-refractivity contribution is 0.565. The molecule has 0 radical (unpaired) electrons. The van der Waals surface area contributed by atoms with E-state index in [9.17, 15) is 4.79 Å². The van der Waals surface area contributed by atoms with Gasteiger partial charge in [0, 0.05) is 0 Å². The largest absolute Gasteiger partial charge is 0.240 e. The monoisotopic (exact) mass is 195 g/mol. The van der Waals surface area contributed by atoms with Gasteiger partial charge in [-0.1, -0.05) is 31.0 Å². The van der Waals surface area contributed by atoms with Gasteiger partial charge in [0.1, 0.15) is 0 Å². The summed E-state index contributed by atoms with van der Waals surface area (Å²) in [5, 5.41) is 0.509. The summed E-state index contributed by atoms with van der Waals surface area (Å²) in [6.07, 6.45) is 3.53. The zero-order valence-electron chi connectivity index (χ0n) is 7.38. The average Bonchev–Trinajstić information content (AvgIpc) is 2.10. The first-order chi connectivity index (χ1) is 6.27. The van der Waals surface area contributed by atoms with Crippen molar-refractivity contribution >= 4 is 23.4 Å². The maximum atomic E-state index is 9.99. The Bertz CT molecular complexity index is 343. The standard InChI is InChI=1S/C10H10ClNO/c1-2-3-8-4-5-10(12-7-13)9(11)6-8/h4-6H,2-3H2,1H3. The number of nitrogens with zero attached hydrogens (tertiary/aromatic N) is 1. The van der Waals surface area contributed by atoms with Crippen LogP contribution in [-0.4, -0.2) is 6.08 Å². The molecule has 1 aromatic rings. The van der Waals surface area contributed by atoms with Crippen molar-refractivity contribution in [3.63, 3.8) is 0 Å². The molecule has 13 heavy (non-hydrogen) atoms. The summed E-state index contributed by atoms with van der Waals surface area (Å²) in [6, 6.07) is 5.49. The van der Waals surface area contributed by atoms with E-state index in [-0.39, 0.29) is 0 Å². The fourth-order valence-electron chi connectivity index (χ4n) is 1.13. The molecule has 0 amide bonds. The number of carbonyl (C=O) groups excluding carboxylic acids is 1. The summed E-state index contributed by atoms with van der Waals surface area (Å²) in [7, 11) is 0. The number of isocyanates is 1. The van der Waals surface area contributed by atoms with E-state index in [2.05, 4.69) is 11.9 Å². The Kier molecular flexibility index (Phi) is 3.69. The number of hydrogen-bond acceptors (Lipinski definition) is 2. The highest BCUT2D eigenvalue weighted by Crippen LogP contribution is 2.25. The molecule has 0 fully saturated rings. The molecular weight excluding hydrogens is 186 g/mol. The SMILES string of the molecule is CCCc1ccc(N=C=O)c(Cl)c1. The number of rotatable bonds is 3. The summed E-state index contributed by atoms with van der Waals surface area (Å²) in [4.78, 5) is 13.5. The zero-order chi connectivity index (χ0) is 9.68. The van der Waals surface area contributed by atoms with E-state index in [1.165, 1.54) is 6.08 Å². The van der Waals surface area contributed by atoms with Crippen molar-refractivity contribution in [1.82, 2.24) is 0 Å². The fraction of sp³-hybridized carbons (Fsp3) is 0.300. The third-order valence-electron chi connectivity index (χ3n) is 1.72. The van der Waals surface area contributed by atoms with Crippen molar-refractivity contribution in [2.24, 2.45) is 4.99 Å². The molecule has 0 aliphatic carbocycles. The van der Waals surface area contributed by atoms with E-state index in [4.69, 9.17) is 11.6 Å². The molecule has 0 atom stereocenters. The van der Waals surface area contributed by atoms with Crippen molar-refractivity contribution in [3.8, 4) is 0 Å². The predicted octanol–water partition coefficient (Wildman–Crippen LogP) is 3.26. The van der Waals surface area contributed by atoms with E-state index < -0.39 is 0 Å². The molecule has 0 N–H and O–H groups in total. The first-order valence-corrected chi connectivity index (χ1v) is 4.52. The minimum Gasteiger partial charge on any atom is -0.211 e. The normalized spacial score (nSPS) is 9.38. The van der Waals surface area contributed by atoms with Gasteiger partial charge in [0.15, 0.2) is 0 Å². The molecule has 0 spiro atoms. The van der Waals surface area contributed by atoms with Gasteiger partial charge in [0.2, 0.25) is 6.08 Å². The summed E-state index contributed by atoms with van der Waals surface area (Å²) < 4.78 is 0. The molecular formula is C10H10ClNO. The van der Waals surface area contributed by atoms with Crippen molar-refractivity contribution in [2.75, 3.05) is 0 Å². The second-order valence-corrected chi connectivity index (χ2v) is 3.15. The molecule has 3 heteroatoms. The maximum absolute atomic E-state index is 9.99. The van der Waals surface area contributed by atoms with Crippen molar-refractivity contribution < 1.29 is 4.79 Å². The van der Waals surface area contributed by atoms with Crippen LogP contribution in [-0.2, 0) is 11.2 Å². The van der Waals surface area contributed by atoms with Gasteiger partial charge in [-0.3, -0.25) is 0 Å². The van der Waals surface area contributed by atoms with E-state index >= 15 is 0 Å². The number of halogens is 1. The molecule has 0 aromatic heterocycles. The zero-order valence-corrected chi connectivity index (χ0v) is 8.14. The van der Waals surface area contributed by atoms with E-state index in [1.807, 2.05) is 12.1 Å². The molecule has 1 rings (SSSR count). The maximum Gasteiger partial charge on any atom is 0.240 e. The Hall–Kier alpha value is -1.11. The van der Waals surface area contributed by atoms with Gasteiger partial charge in [-0.15, -0.1) is 0 Å². The molecule has 0 unspecified atom stereocenters. The van der Waals surface area contributed by atoms with Crippen molar-refractivity contribution in [1.29, 1.82) is 0 Å². The highest BCUT2D eigenvalue weighted by Gasteiger charge is 1.99. The van der Waals surface area contributed by atoms with Crippen LogP contribution in [0.15, 0.2) is 23.2 Å². The molecule has 0 saturated carbocycles. The fourth-order valence-corrected chi connectivity index (χ4v) is 1.38. The minimum absolute atomic E-state index is 0.483. The predicted molar refractivity (Wildman–Crippen MR) is 53.2 cm³/mol. The van der Waals surface area contributed by atoms with Gasteiger partial charge in [-0.2, -0.15) is 4.99 Å². The van der Waals surface area contributed by atoms with Gasteiger partial charge in [-0.25, -0.2) is 4.79 Å². The molecule has 0 heterocycles. The Morgan fingerprint density at radius 3 is 2.85 bits per heavy atom. The summed E-state index contributed by atoms with van der Waals surface area (Å²) in [5.74, 6) is 0. The second kappa shape index (κ2) is 4.80. The van der Waals surface area contributed by atoms with Crippen LogP contribution in [0.3, 0.4) is 0 Å². The third-order valence-corrected chi connectivity index (χ3v) is 2.02. The lowest BCUT2D eigenvalue weighted by Crippen LogP contribution is -1.82. The second-order valence-electron chi connectivity index (χ2n) is 2.74. The number of benzene rings is 1. The molecule has 0 saturated heterocycles. The van der Waals surface area contributed by atoms with Crippen LogP contribution in [0.2, 0.25) is 5.02 Å². The van der Waals surface area contributed by atoms with Gasteiger partial charge < -0.3 is 0 Å². The lowest BCUT2D eigenvalue weighted by Gasteiger charge is -2.00. The van der Waals surface area contributed by atoms with Crippen molar-refractivity contribution in [3.05, 3.63) is 28.8 Å². The molecule has 0 bridgehead atoms. The topological polar surface area (TPSA) is 29.4 Å². The summed E-state index contributed by atoms with van der Waals surface area (Å²) >= 11 is 5.87. The van der Waals surface area contributed by atoms with Gasteiger partial charge in [0.05, 0.1) is 10.7 Å².